The van der Waals surface area contributed by atoms with Crippen LogP contribution in [-0.2, 0) is 14.3 Å². The van der Waals surface area contributed by atoms with Crippen LogP contribution >= 0.6 is 11.6 Å². The summed E-state index contributed by atoms with van der Waals surface area (Å²) in [7, 11) is 0. The fourth-order valence-electron chi connectivity index (χ4n) is 1.69. The molecule has 0 bridgehead atoms. The van der Waals surface area contributed by atoms with Crippen LogP contribution in [0.3, 0.4) is 0 Å². The highest BCUT2D eigenvalue weighted by molar-refractivity contribution is 6.32. The highest BCUT2D eigenvalue weighted by Gasteiger charge is 2.31. The van der Waals surface area contributed by atoms with E-state index in [0.29, 0.717) is 0 Å². The highest BCUT2D eigenvalue weighted by atomic mass is 35.5. The molecule has 0 aliphatic heterocycles. The molecule has 22 heavy (non-hydrogen) atoms. The minimum Gasteiger partial charge on any atom is -0.462 e. The third-order valence-corrected chi connectivity index (χ3v) is 2.84. The number of hydrogen-bond donors (Lipinski definition) is 1. The van der Waals surface area contributed by atoms with Crippen LogP contribution < -0.4 is 5.32 Å². The number of amides is 1. The Labute approximate surface area is 132 Å². The van der Waals surface area contributed by atoms with Crippen molar-refractivity contribution < 1.29 is 28.3 Å². The lowest BCUT2D eigenvalue weighted by Crippen LogP contribution is -2.22. The van der Waals surface area contributed by atoms with E-state index in [0.717, 1.165) is 0 Å². The summed E-state index contributed by atoms with van der Waals surface area (Å²) in [5.74, 6) is -2.14. The summed E-state index contributed by atoms with van der Waals surface area (Å²) in [5.41, 5.74) is -0.249. The summed E-state index contributed by atoms with van der Waals surface area (Å²) in [6.45, 7) is 6.43. The largest absolute Gasteiger partial charge is 0.462 e. The number of carbonyl (C=O) groups excluding carboxylic acids is 3. The molecule has 0 spiro atoms. The summed E-state index contributed by atoms with van der Waals surface area (Å²) >= 11 is 5.67. The summed E-state index contributed by atoms with van der Waals surface area (Å²) in [6, 6.07) is 0. The van der Waals surface area contributed by atoms with E-state index < -0.39 is 23.2 Å². The Morgan fingerprint density at radius 1 is 1.14 bits per heavy atom. The normalized spacial score (nSPS) is 11.7. The monoisotopic (exact) mass is 331 g/mol. The van der Waals surface area contributed by atoms with Gasteiger partial charge in [0.1, 0.15) is 22.3 Å². The molecule has 1 rings (SSSR count). The molecule has 0 fully saturated rings. The van der Waals surface area contributed by atoms with Gasteiger partial charge in [0.25, 0.3) is 0 Å². The molecule has 0 radical (unpaired) electrons. The summed E-state index contributed by atoms with van der Waals surface area (Å²) in [5, 5.41) is 1.52. The summed E-state index contributed by atoms with van der Waals surface area (Å²) in [4.78, 5) is 35.8. The predicted molar refractivity (Wildman–Crippen MR) is 79.3 cm³/mol. The molecule has 8 heteroatoms. The molecule has 7 nitrogen and oxygen atoms in total. The number of ether oxygens (including phenoxy) is 2. The van der Waals surface area contributed by atoms with Crippen LogP contribution in [0, 0.1) is 6.92 Å². The van der Waals surface area contributed by atoms with Crippen LogP contribution in [-0.4, -0.2) is 36.4 Å². The Hall–Kier alpha value is -2.02. The fraction of sp³-hybridized carbons (Fsp3) is 0.500. The molecule has 1 aromatic rings. The van der Waals surface area contributed by atoms with Gasteiger partial charge in [0.2, 0.25) is 11.8 Å². The Morgan fingerprint density at radius 3 is 2.09 bits per heavy atom. The standard InChI is InChI=1S/C14H18ClNO6/c1-5-20-13(18)9-8(4)22-12(16-11(17)7(3)15)10(9)14(19)21-6-2/h7H,5-6H2,1-4H3,(H,16,17). The quantitative estimate of drug-likeness (QED) is 0.635. The molecule has 0 saturated carbocycles. The van der Waals surface area contributed by atoms with Crippen LogP contribution in [0.25, 0.3) is 0 Å². The molecule has 0 saturated heterocycles. The zero-order valence-corrected chi connectivity index (χ0v) is 13.6. The SMILES string of the molecule is CCOC(=O)c1c(C)oc(NC(=O)C(C)Cl)c1C(=O)OCC. The van der Waals surface area contributed by atoms with Gasteiger partial charge < -0.3 is 13.9 Å². The van der Waals surface area contributed by atoms with Crippen molar-refractivity contribution >= 4 is 35.3 Å². The maximum Gasteiger partial charge on any atom is 0.344 e. The number of anilines is 1. The second-order valence-corrected chi connectivity index (χ2v) is 4.94. The van der Waals surface area contributed by atoms with Crippen molar-refractivity contribution in [1.82, 2.24) is 0 Å². The van der Waals surface area contributed by atoms with Crippen molar-refractivity contribution in [2.75, 3.05) is 18.5 Å². The first-order valence-corrected chi connectivity index (χ1v) is 7.19. The number of nitrogens with one attached hydrogen (secondary N) is 1. The number of aryl methyl sites for hydroxylation is 1. The van der Waals surface area contributed by atoms with Crippen LogP contribution in [0.1, 0.15) is 47.2 Å². The molecule has 0 aliphatic carbocycles. The molecule has 122 valence electrons. The Kier molecular flexibility index (Phi) is 6.42. The average Bonchev–Trinajstić information content (AvgIpc) is 2.75. The Morgan fingerprint density at radius 2 is 1.64 bits per heavy atom. The number of alkyl halides is 1. The third-order valence-electron chi connectivity index (χ3n) is 2.64. The topological polar surface area (TPSA) is 94.8 Å². The van der Waals surface area contributed by atoms with Crippen LogP contribution in [0.4, 0.5) is 5.88 Å². The molecule has 1 heterocycles. The third kappa shape index (κ3) is 4.00. The maximum absolute atomic E-state index is 12.1. The van der Waals surface area contributed by atoms with Crippen molar-refractivity contribution in [1.29, 1.82) is 0 Å². The van der Waals surface area contributed by atoms with Gasteiger partial charge in [-0.1, -0.05) is 0 Å². The first-order chi connectivity index (χ1) is 10.3. The number of furan rings is 1. The van der Waals surface area contributed by atoms with Crippen molar-refractivity contribution in [3.8, 4) is 0 Å². The number of halogens is 1. The molecule has 1 amide bonds. The first-order valence-electron chi connectivity index (χ1n) is 6.75. The van der Waals surface area contributed by atoms with Crippen LogP contribution in [0.15, 0.2) is 4.42 Å². The zero-order valence-electron chi connectivity index (χ0n) is 12.8. The molecule has 0 aromatic carbocycles. The van der Waals surface area contributed by atoms with Gasteiger partial charge in [0.05, 0.1) is 13.2 Å². The van der Waals surface area contributed by atoms with Crippen molar-refractivity contribution in [3.05, 3.63) is 16.9 Å². The summed E-state index contributed by atoms with van der Waals surface area (Å²) < 4.78 is 15.1. The van der Waals surface area contributed by atoms with Gasteiger partial charge in [-0.3, -0.25) is 10.1 Å². The Balaban J connectivity index is 3.32. The Bertz CT molecular complexity index is 578. The molecule has 1 unspecified atom stereocenters. The van der Waals surface area contributed by atoms with Crippen LogP contribution in [0.5, 0.6) is 0 Å². The van der Waals surface area contributed by atoms with Gasteiger partial charge in [0.15, 0.2) is 0 Å². The van der Waals surface area contributed by atoms with Crippen LogP contribution in [0.2, 0.25) is 0 Å². The average molecular weight is 332 g/mol. The summed E-state index contributed by atoms with van der Waals surface area (Å²) in [6.07, 6.45) is 0. The molecule has 1 N–H and O–H groups in total. The van der Waals surface area contributed by atoms with Gasteiger partial charge >= 0.3 is 11.9 Å². The number of hydrogen-bond acceptors (Lipinski definition) is 6. The lowest BCUT2D eigenvalue weighted by Gasteiger charge is -2.07. The van der Waals surface area contributed by atoms with E-state index in [-0.39, 0.29) is 36.0 Å². The van der Waals surface area contributed by atoms with Gasteiger partial charge in [-0.25, -0.2) is 9.59 Å². The van der Waals surface area contributed by atoms with E-state index in [1.165, 1.54) is 13.8 Å². The molecule has 1 aromatic heterocycles. The van der Waals surface area contributed by atoms with E-state index in [4.69, 9.17) is 25.5 Å². The van der Waals surface area contributed by atoms with Crippen molar-refractivity contribution in [2.24, 2.45) is 0 Å². The molecular weight excluding hydrogens is 314 g/mol. The van der Waals surface area contributed by atoms with Gasteiger partial charge in [-0.15, -0.1) is 11.6 Å². The number of carbonyl (C=O) groups is 3. The lowest BCUT2D eigenvalue weighted by atomic mass is 10.1. The second kappa shape index (κ2) is 7.84. The lowest BCUT2D eigenvalue weighted by molar-refractivity contribution is -0.115. The predicted octanol–water partition coefficient (Wildman–Crippen LogP) is 2.51. The maximum atomic E-state index is 12.1. The molecular formula is C14H18ClNO6. The van der Waals surface area contributed by atoms with Gasteiger partial charge in [0, 0.05) is 0 Å². The van der Waals surface area contributed by atoms with Gasteiger partial charge in [-0.05, 0) is 27.7 Å². The first kappa shape index (κ1) is 18.0. The molecule has 1 atom stereocenters. The van der Waals surface area contributed by atoms with E-state index in [9.17, 15) is 14.4 Å². The number of esters is 2. The fourth-order valence-corrected chi connectivity index (χ4v) is 1.75. The highest BCUT2D eigenvalue weighted by Crippen LogP contribution is 2.29. The van der Waals surface area contributed by atoms with E-state index >= 15 is 0 Å². The minimum atomic E-state index is -0.841. The van der Waals surface area contributed by atoms with Crippen molar-refractivity contribution in [2.45, 2.75) is 33.1 Å². The zero-order chi connectivity index (χ0) is 16.9. The van der Waals surface area contributed by atoms with E-state index in [2.05, 4.69) is 5.32 Å². The van der Waals surface area contributed by atoms with E-state index in [1.54, 1.807) is 13.8 Å². The minimum absolute atomic E-state index is 0.0715. The van der Waals surface area contributed by atoms with Gasteiger partial charge in [-0.2, -0.15) is 0 Å². The number of rotatable bonds is 6. The molecule has 0 aliphatic rings. The van der Waals surface area contributed by atoms with Crippen molar-refractivity contribution in [3.63, 3.8) is 0 Å². The second-order valence-electron chi connectivity index (χ2n) is 4.28. The van der Waals surface area contributed by atoms with E-state index in [1.807, 2.05) is 0 Å². The smallest absolute Gasteiger partial charge is 0.344 e.